The van der Waals surface area contributed by atoms with E-state index >= 15 is 0 Å². The van der Waals surface area contributed by atoms with Crippen molar-refractivity contribution in [2.75, 3.05) is 6.54 Å². The van der Waals surface area contributed by atoms with E-state index in [4.69, 9.17) is 4.42 Å². The van der Waals surface area contributed by atoms with E-state index in [0.717, 1.165) is 24.8 Å². The van der Waals surface area contributed by atoms with Gasteiger partial charge in [-0.25, -0.2) is 9.78 Å². The molecule has 0 spiro atoms. The molecule has 1 unspecified atom stereocenters. The topological polar surface area (TPSA) is 108 Å². The van der Waals surface area contributed by atoms with Crippen molar-refractivity contribution in [2.24, 2.45) is 0 Å². The van der Waals surface area contributed by atoms with Crippen molar-refractivity contribution in [1.82, 2.24) is 25.1 Å². The minimum absolute atomic E-state index is 0.00380. The Kier molecular flexibility index (Phi) is 3.22. The number of pyridine rings is 1. The number of likely N-dealkylation sites (tertiary alicyclic amines) is 1. The molecule has 0 aromatic carbocycles. The van der Waals surface area contributed by atoms with Crippen LogP contribution in [0.4, 0.5) is 0 Å². The number of rotatable bonds is 2. The summed E-state index contributed by atoms with van der Waals surface area (Å²) in [5.74, 6) is -0.730. The summed E-state index contributed by atoms with van der Waals surface area (Å²) in [5, 5.41) is 6.77. The first-order valence-corrected chi connectivity index (χ1v) is 7.52. The van der Waals surface area contributed by atoms with E-state index in [1.165, 1.54) is 0 Å². The van der Waals surface area contributed by atoms with Gasteiger partial charge in [-0.3, -0.25) is 14.9 Å². The number of carbonyl (C=O) groups is 1. The smallest absolute Gasteiger partial charge is 0.406 e. The molecule has 1 amide bonds. The van der Waals surface area contributed by atoms with Gasteiger partial charge < -0.3 is 9.32 Å². The number of hydrogen-bond acceptors (Lipinski definition) is 5. The minimum atomic E-state index is -0.577. The molecule has 0 saturated carbocycles. The Labute approximate surface area is 130 Å². The van der Waals surface area contributed by atoms with Crippen molar-refractivity contribution >= 4 is 17.1 Å². The van der Waals surface area contributed by atoms with Gasteiger partial charge in [0, 0.05) is 18.3 Å². The zero-order valence-electron chi connectivity index (χ0n) is 12.3. The monoisotopic (exact) mass is 313 g/mol. The second-order valence-electron chi connectivity index (χ2n) is 5.60. The van der Waals surface area contributed by atoms with E-state index in [9.17, 15) is 9.59 Å². The average molecular weight is 313 g/mol. The minimum Gasteiger partial charge on any atom is -0.406 e. The standard InChI is InChI=1S/C15H15N5O3/c21-14(10-4-5-12-13(18-10)19-15(22)23-12)20-6-2-1-3-11(20)9-7-16-17-8-9/h4-5,7-8,11H,1-3,6H2,(H,16,17)(H,18,19,22). The third-order valence-corrected chi connectivity index (χ3v) is 4.17. The van der Waals surface area contributed by atoms with E-state index in [-0.39, 0.29) is 17.6 Å². The number of piperidine rings is 1. The van der Waals surface area contributed by atoms with Gasteiger partial charge in [-0.15, -0.1) is 0 Å². The molecule has 3 aromatic rings. The highest BCUT2D eigenvalue weighted by atomic mass is 16.4. The number of carbonyl (C=O) groups excluding carboxylic acids is 1. The van der Waals surface area contributed by atoms with Crippen LogP contribution < -0.4 is 5.76 Å². The fourth-order valence-corrected chi connectivity index (χ4v) is 3.07. The fraction of sp³-hybridized carbons (Fsp3) is 0.333. The number of aromatic nitrogens is 4. The molecular weight excluding hydrogens is 298 g/mol. The highest BCUT2D eigenvalue weighted by Gasteiger charge is 2.30. The molecule has 8 nitrogen and oxygen atoms in total. The molecule has 1 saturated heterocycles. The van der Waals surface area contributed by atoms with Crippen molar-refractivity contribution in [3.05, 3.63) is 46.3 Å². The van der Waals surface area contributed by atoms with Crippen molar-refractivity contribution in [3.8, 4) is 0 Å². The molecule has 1 atom stereocenters. The van der Waals surface area contributed by atoms with Gasteiger partial charge in [-0.05, 0) is 31.4 Å². The van der Waals surface area contributed by atoms with Crippen LogP contribution >= 0.6 is 0 Å². The van der Waals surface area contributed by atoms with Gasteiger partial charge in [0.25, 0.3) is 5.91 Å². The molecule has 118 valence electrons. The van der Waals surface area contributed by atoms with Gasteiger partial charge in [0.2, 0.25) is 0 Å². The summed E-state index contributed by atoms with van der Waals surface area (Å²) in [5.41, 5.74) is 1.93. The van der Waals surface area contributed by atoms with Crippen LogP contribution in [0, 0.1) is 0 Å². The normalized spacial score (nSPS) is 18.4. The number of H-pyrrole nitrogens is 2. The first kappa shape index (κ1) is 13.7. The molecule has 0 bridgehead atoms. The Morgan fingerprint density at radius 2 is 2.26 bits per heavy atom. The Bertz CT molecular complexity index is 895. The predicted octanol–water partition coefficient (Wildman–Crippen LogP) is 1.61. The Balaban J connectivity index is 1.68. The lowest BCUT2D eigenvalue weighted by Crippen LogP contribution is -2.38. The van der Waals surface area contributed by atoms with E-state index < -0.39 is 5.76 Å². The third kappa shape index (κ3) is 2.41. The van der Waals surface area contributed by atoms with Crippen LogP contribution in [0.2, 0.25) is 0 Å². The number of fused-ring (bicyclic) bond motifs is 1. The van der Waals surface area contributed by atoms with Crippen molar-refractivity contribution < 1.29 is 9.21 Å². The third-order valence-electron chi connectivity index (χ3n) is 4.17. The van der Waals surface area contributed by atoms with E-state index in [1.54, 1.807) is 18.3 Å². The van der Waals surface area contributed by atoms with Crippen LogP contribution in [0.3, 0.4) is 0 Å². The van der Waals surface area contributed by atoms with Gasteiger partial charge in [0.1, 0.15) is 5.69 Å². The molecule has 23 heavy (non-hydrogen) atoms. The quantitative estimate of drug-likeness (QED) is 0.747. The summed E-state index contributed by atoms with van der Waals surface area (Å²) < 4.78 is 4.92. The number of nitrogens with zero attached hydrogens (tertiary/aromatic N) is 3. The Hall–Kier alpha value is -2.90. The summed E-state index contributed by atoms with van der Waals surface area (Å²) in [7, 11) is 0. The summed E-state index contributed by atoms with van der Waals surface area (Å²) in [6.07, 6.45) is 6.50. The SMILES string of the molecule is O=C(c1ccc2oc(=O)[nH]c2n1)N1CCCCC1c1cn[nH]c1. The predicted molar refractivity (Wildman–Crippen MR) is 80.8 cm³/mol. The van der Waals surface area contributed by atoms with E-state index in [2.05, 4.69) is 20.2 Å². The molecular formula is C15H15N5O3. The van der Waals surface area contributed by atoms with Crippen LogP contribution in [-0.4, -0.2) is 37.5 Å². The van der Waals surface area contributed by atoms with Crippen LogP contribution in [0.25, 0.3) is 11.2 Å². The molecule has 4 heterocycles. The van der Waals surface area contributed by atoms with Crippen molar-refractivity contribution in [3.63, 3.8) is 0 Å². The first-order valence-electron chi connectivity index (χ1n) is 7.52. The second kappa shape index (κ2) is 5.38. The number of aromatic amines is 2. The molecule has 4 rings (SSSR count). The van der Waals surface area contributed by atoms with Gasteiger partial charge in [-0.1, -0.05) is 0 Å². The second-order valence-corrected chi connectivity index (χ2v) is 5.60. The van der Waals surface area contributed by atoms with Gasteiger partial charge in [0.15, 0.2) is 11.2 Å². The first-order chi connectivity index (χ1) is 11.2. The number of nitrogens with one attached hydrogen (secondary N) is 2. The van der Waals surface area contributed by atoms with Crippen LogP contribution in [-0.2, 0) is 0 Å². The highest BCUT2D eigenvalue weighted by Crippen LogP contribution is 2.31. The maximum Gasteiger partial charge on any atom is 0.418 e. The summed E-state index contributed by atoms with van der Waals surface area (Å²) in [6.45, 7) is 0.677. The van der Waals surface area contributed by atoms with Crippen molar-refractivity contribution in [2.45, 2.75) is 25.3 Å². The fourth-order valence-electron chi connectivity index (χ4n) is 3.07. The van der Waals surface area contributed by atoms with Crippen molar-refractivity contribution in [1.29, 1.82) is 0 Å². The van der Waals surface area contributed by atoms with Crippen LogP contribution in [0.1, 0.15) is 41.4 Å². The number of oxazole rings is 1. The maximum atomic E-state index is 12.9. The zero-order chi connectivity index (χ0) is 15.8. The van der Waals surface area contributed by atoms with Gasteiger partial charge in [-0.2, -0.15) is 5.10 Å². The molecule has 0 radical (unpaired) electrons. The Morgan fingerprint density at radius 3 is 3.09 bits per heavy atom. The highest BCUT2D eigenvalue weighted by molar-refractivity contribution is 5.94. The lowest BCUT2D eigenvalue weighted by molar-refractivity contribution is 0.0606. The zero-order valence-corrected chi connectivity index (χ0v) is 12.3. The lowest BCUT2D eigenvalue weighted by atomic mass is 9.97. The summed E-state index contributed by atoms with van der Waals surface area (Å²) in [6, 6.07) is 3.17. The molecule has 8 heteroatoms. The van der Waals surface area contributed by atoms with Gasteiger partial charge >= 0.3 is 5.76 Å². The lowest BCUT2D eigenvalue weighted by Gasteiger charge is -2.35. The summed E-state index contributed by atoms with van der Waals surface area (Å²) >= 11 is 0. The van der Waals surface area contributed by atoms with Crippen LogP contribution in [0.5, 0.6) is 0 Å². The van der Waals surface area contributed by atoms with E-state index in [0.29, 0.717) is 17.8 Å². The molecule has 1 aliphatic heterocycles. The molecule has 1 aliphatic rings. The van der Waals surface area contributed by atoms with Gasteiger partial charge in [0.05, 0.1) is 12.2 Å². The molecule has 2 N–H and O–H groups in total. The molecule has 1 fully saturated rings. The number of amides is 1. The largest absolute Gasteiger partial charge is 0.418 e. The number of hydrogen-bond donors (Lipinski definition) is 2. The Morgan fingerprint density at radius 1 is 1.35 bits per heavy atom. The molecule has 0 aliphatic carbocycles. The van der Waals surface area contributed by atoms with Crippen LogP contribution in [0.15, 0.2) is 33.7 Å². The maximum absolute atomic E-state index is 12.9. The van der Waals surface area contributed by atoms with E-state index in [1.807, 2.05) is 11.1 Å². The molecule has 3 aromatic heterocycles. The summed E-state index contributed by atoms with van der Waals surface area (Å²) in [4.78, 5) is 32.6. The average Bonchev–Trinajstić information content (AvgIpc) is 3.21.